The van der Waals surface area contributed by atoms with E-state index in [-0.39, 0.29) is 17.5 Å². The van der Waals surface area contributed by atoms with Crippen LogP contribution in [0.5, 0.6) is 0 Å². The van der Waals surface area contributed by atoms with Crippen LogP contribution in [0.3, 0.4) is 0 Å². The first kappa shape index (κ1) is 22.1. The number of imidazole rings is 1. The van der Waals surface area contributed by atoms with Crippen LogP contribution in [0.25, 0.3) is 5.65 Å². The number of nitrogens with zero attached hydrogens (tertiary/aromatic N) is 5. The highest BCUT2D eigenvalue weighted by Gasteiger charge is 2.38. The molecule has 32 heavy (non-hydrogen) atoms. The number of anilines is 2. The number of benzene rings is 1. The number of carbonyl (C=O) groups excluding carboxylic acids is 1. The maximum atomic E-state index is 13.6. The number of unbranched alkanes of at least 4 members (excludes halogenated alkanes) is 2. The fourth-order valence-corrected chi connectivity index (χ4v) is 4.17. The monoisotopic (exact) mass is 445 g/mol. The Morgan fingerprint density at radius 2 is 1.78 bits per heavy atom. The van der Waals surface area contributed by atoms with Crippen molar-refractivity contribution in [1.29, 1.82) is 0 Å². The Hall–Kier alpha value is -3.10. The van der Waals surface area contributed by atoms with Crippen molar-refractivity contribution in [3.05, 3.63) is 53.3 Å². The molecule has 1 aliphatic heterocycles. The van der Waals surface area contributed by atoms with Crippen molar-refractivity contribution in [1.82, 2.24) is 14.6 Å². The lowest BCUT2D eigenvalue weighted by atomic mass is 10.0. The first-order valence-electron chi connectivity index (χ1n) is 10.9. The van der Waals surface area contributed by atoms with E-state index in [0.717, 1.165) is 36.4 Å². The Kier molecular flexibility index (Phi) is 6.34. The molecule has 0 aliphatic carbocycles. The maximum absolute atomic E-state index is 13.6. The Morgan fingerprint density at radius 1 is 1.03 bits per heavy atom. The summed E-state index contributed by atoms with van der Waals surface area (Å²) in [6.45, 7) is 4.02. The van der Waals surface area contributed by atoms with Crippen LogP contribution in [0.2, 0.25) is 0 Å². The molecule has 1 aromatic carbocycles. The zero-order valence-corrected chi connectivity index (χ0v) is 18.0. The van der Waals surface area contributed by atoms with Gasteiger partial charge in [-0.05, 0) is 31.0 Å². The van der Waals surface area contributed by atoms with Crippen molar-refractivity contribution in [2.75, 3.05) is 36.0 Å². The van der Waals surface area contributed by atoms with Gasteiger partial charge in [-0.3, -0.25) is 4.79 Å². The van der Waals surface area contributed by atoms with Crippen LogP contribution in [0.15, 0.2) is 36.5 Å². The number of piperazine rings is 1. The van der Waals surface area contributed by atoms with Crippen LogP contribution in [-0.4, -0.2) is 47.1 Å². The molecule has 2 aromatic heterocycles. The Bertz CT molecular complexity index is 1090. The lowest BCUT2D eigenvalue weighted by Gasteiger charge is -2.37. The van der Waals surface area contributed by atoms with Crippen molar-refractivity contribution in [3.63, 3.8) is 0 Å². The average molecular weight is 445 g/mol. The zero-order chi connectivity index (χ0) is 22.7. The first-order valence-corrected chi connectivity index (χ1v) is 10.9. The molecule has 0 bridgehead atoms. The van der Waals surface area contributed by atoms with E-state index >= 15 is 0 Å². The SMILES string of the molecule is CCCCCc1cn2nc(N3CCN(c4cccc(C=O)c4C(F)(F)F)CC3)ccc2n1. The molecule has 3 heterocycles. The summed E-state index contributed by atoms with van der Waals surface area (Å²) in [7, 11) is 0. The molecule has 3 aromatic rings. The van der Waals surface area contributed by atoms with Crippen molar-refractivity contribution in [3.8, 4) is 0 Å². The summed E-state index contributed by atoms with van der Waals surface area (Å²) in [6.07, 6.45) is 1.97. The van der Waals surface area contributed by atoms with Crippen LogP contribution in [0, 0.1) is 0 Å². The molecule has 9 heteroatoms. The summed E-state index contributed by atoms with van der Waals surface area (Å²) in [6, 6.07) is 7.96. The molecule has 0 spiro atoms. The van der Waals surface area contributed by atoms with Gasteiger partial charge >= 0.3 is 6.18 Å². The summed E-state index contributed by atoms with van der Waals surface area (Å²) < 4.78 is 42.7. The molecule has 170 valence electrons. The topological polar surface area (TPSA) is 53.7 Å². The van der Waals surface area contributed by atoms with Gasteiger partial charge in [-0.25, -0.2) is 9.50 Å². The van der Waals surface area contributed by atoms with Gasteiger partial charge in [-0.1, -0.05) is 31.9 Å². The molecule has 6 nitrogen and oxygen atoms in total. The second-order valence-electron chi connectivity index (χ2n) is 8.01. The summed E-state index contributed by atoms with van der Waals surface area (Å²) in [5.41, 5.74) is 0.662. The van der Waals surface area contributed by atoms with E-state index in [9.17, 15) is 18.0 Å². The lowest BCUT2D eigenvalue weighted by molar-refractivity contribution is -0.137. The van der Waals surface area contributed by atoms with Gasteiger partial charge < -0.3 is 9.80 Å². The largest absolute Gasteiger partial charge is 0.419 e. The molecule has 1 fully saturated rings. The molecule has 0 atom stereocenters. The van der Waals surface area contributed by atoms with E-state index < -0.39 is 11.7 Å². The van der Waals surface area contributed by atoms with E-state index in [1.54, 1.807) is 9.42 Å². The van der Waals surface area contributed by atoms with Crippen molar-refractivity contribution in [2.24, 2.45) is 0 Å². The molecular weight excluding hydrogens is 419 g/mol. The number of aryl methyl sites for hydroxylation is 1. The van der Waals surface area contributed by atoms with E-state index in [1.807, 2.05) is 18.3 Å². The van der Waals surface area contributed by atoms with Crippen LogP contribution >= 0.6 is 0 Å². The zero-order valence-electron chi connectivity index (χ0n) is 18.0. The Balaban J connectivity index is 1.48. The van der Waals surface area contributed by atoms with E-state index in [4.69, 9.17) is 0 Å². The second-order valence-corrected chi connectivity index (χ2v) is 8.01. The number of hydrogen-bond donors (Lipinski definition) is 0. The van der Waals surface area contributed by atoms with Crippen molar-refractivity contribution < 1.29 is 18.0 Å². The molecule has 0 saturated carbocycles. The minimum Gasteiger partial charge on any atom is -0.367 e. The third-order valence-corrected chi connectivity index (χ3v) is 5.82. The van der Waals surface area contributed by atoms with E-state index in [2.05, 4.69) is 21.9 Å². The molecule has 0 amide bonds. The number of alkyl halides is 3. The van der Waals surface area contributed by atoms with E-state index in [1.165, 1.54) is 24.6 Å². The predicted molar refractivity (Wildman–Crippen MR) is 117 cm³/mol. The number of aromatic nitrogens is 3. The van der Waals surface area contributed by atoms with E-state index in [0.29, 0.717) is 26.2 Å². The molecule has 1 aliphatic rings. The van der Waals surface area contributed by atoms with Crippen molar-refractivity contribution >= 4 is 23.4 Å². The quantitative estimate of drug-likeness (QED) is 0.392. The maximum Gasteiger partial charge on any atom is 0.419 e. The highest BCUT2D eigenvalue weighted by atomic mass is 19.4. The van der Waals surface area contributed by atoms with Gasteiger partial charge in [-0.2, -0.15) is 13.2 Å². The van der Waals surface area contributed by atoms with Crippen LogP contribution < -0.4 is 9.80 Å². The Morgan fingerprint density at radius 3 is 2.47 bits per heavy atom. The third-order valence-electron chi connectivity index (χ3n) is 5.82. The highest BCUT2D eigenvalue weighted by Crippen LogP contribution is 2.39. The average Bonchev–Trinajstić information content (AvgIpc) is 3.20. The van der Waals surface area contributed by atoms with Gasteiger partial charge in [0, 0.05) is 37.4 Å². The van der Waals surface area contributed by atoms with Gasteiger partial charge in [0.15, 0.2) is 11.9 Å². The summed E-state index contributed by atoms with van der Waals surface area (Å²) >= 11 is 0. The van der Waals surface area contributed by atoms with Gasteiger partial charge in [0.25, 0.3) is 0 Å². The number of rotatable bonds is 7. The minimum atomic E-state index is -4.59. The fourth-order valence-electron chi connectivity index (χ4n) is 4.17. The third kappa shape index (κ3) is 4.56. The van der Waals surface area contributed by atoms with Gasteiger partial charge in [0.1, 0.15) is 5.82 Å². The number of hydrogen-bond acceptors (Lipinski definition) is 5. The predicted octanol–water partition coefficient (Wildman–Crippen LogP) is 4.62. The van der Waals surface area contributed by atoms with Gasteiger partial charge in [-0.15, -0.1) is 5.10 Å². The first-order chi connectivity index (χ1) is 15.4. The van der Waals surface area contributed by atoms with Crippen LogP contribution in [0.1, 0.15) is 47.8 Å². The smallest absolute Gasteiger partial charge is 0.367 e. The summed E-state index contributed by atoms with van der Waals surface area (Å²) in [5.74, 6) is 0.771. The highest BCUT2D eigenvalue weighted by molar-refractivity contribution is 5.81. The van der Waals surface area contributed by atoms with Crippen molar-refractivity contribution in [2.45, 2.75) is 38.8 Å². The number of aldehydes is 1. The number of fused-ring (bicyclic) bond motifs is 1. The number of halogens is 3. The molecule has 0 unspecified atom stereocenters. The molecule has 1 saturated heterocycles. The van der Waals surface area contributed by atoms with Gasteiger partial charge in [0.05, 0.1) is 17.5 Å². The standard InChI is InChI=1S/C23H26F3N5O/c1-2-3-4-7-18-15-31-20(27-18)9-10-21(28-31)30-13-11-29(12-14-30)19-8-5-6-17(16-32)22(19)23(24,25)26/h5-6,8-10,15-16H,2-4,7,11-14H2,1H3. The molecule has 0 N–H and O–H groups in total. The number of carbonyl (C=O) groups is 1. The molecule has 4 rings (SSSR count). The van der Waals surface area contributed by atoms with Crippen LogP contribution in [-0.2, 0) is 12.6 Å². The van der Waals surface area contributed by atoms with Gasteiger partial charge in [0.2, 0.25) is 0 Å². The second kappa shape index (κ2) is 9.18. The molecule has 0 radical (unpaired) electrons. The Labute approximate surface area is 184 Å². The molecular formula is C23H26F3N5O. The minimum absolute atomic E-state index is 0.0523. The summed E-state index contributed by atoms with van der Waals surface area (Å²) in [5, 5.41) is 4.67. The fraction of sp³-hybridized carbons (Fsp3) is 0.435. The lowest BCUT2D eigenvalue weighted by Crippen LogP contribution is -2.47. The van der Waals surface area contributed by atoms with Crippen LogP contribution in [0.4, 0.5) is 24.7 Å². The normalized spacial score (nSPS) is 14.9. The summed E-state index contributed by atoms with van der Waals surface area (Å²) in [4.78, 5) is 19.5.